The van der Waals surface area contributed by atoms with Crippen LogP contribution in [0, 0.1) is 0 Å². The minimum Gasteiger partial charge on any atom is -0.353 e. The minimum atomic E-state index is -4.33. The highest BCUT2D eigenvalue weighted by molar-refractivity contribution is 5.41. The second kappa shape index (κ2) is 6.64. The summed E-state index contributed by atoms with van der Waals surface area (Å²) in [6, 6.07) is 3.14. The quantitative estimate of drug-likeness (QED) is 0.923. The van der Waals surface area contributed by atoms with Crippen LogP contribution in [-0.4, -0.2) is 30.2 Å². The molecule has 1 saturated heterocycles. The van der Waals surface area contributed by atoms with Crippen LogP contribution in [0.25, 0.3) is 0 Å². The molecule has 1 fully saturated rings. The van der Waals surface area contributed by atoms with E-state index in [0.717, 1.165) is 31.8 Å². The van der Waals surface area contributed by atoms with Crippen LogP contribution in [0.2, 0.25) is 0 Å². The lowest BCUT2D eigenvalue weighted by molar-refractivity contribution is -0.137. The molecule has 0 bridgehead atoms. The number of rotatable bonds is 4. The van der Waals surface area contributed by atoms with Crippen molar-refractivity contribution in [2.24, 2.45) is 0 Å². The van der Waals surface area contributed by atoms with E-state index in [4.69, 9.17) is 0 Å². The molecule has 3 nitrogen and oxygen atoms in total. The third kappa shape index (κ3) is 4.33. The zero-order valence-corrected chi connectivity index (χ0v) is 12.5. The molecule has 2 heterocycles. The van der Waals surface area contributed by atoms with Gasteiger partial charge in [0.05, 0.1) is 5.56 Å². The van der Waals surface area contributed by atoms with Gasteiger partial charge in [0.25, 0.3) is 0 Å². The Morgan fingerprint density at radius 2 is 2.10 bits per heavy atom. The summed E-state index contributed by atoms with van der Waals surface area (Å²) in [4.78, 5) is 6.07. The second-order valence-corrected chi connectivity index (χ2v) is 5.80. The van der Waals surface area contributed by atoms with Gasteiger partial charge in [0, 0.05) is 24.8 Å². The molecule has 0 aromatic carbocycles. The lowest BCUT2D eigenvalue weighted by Gasteiger charge is -2.34. The maximum atomic E-state index is 12.6. The van der Waals surface area contributed by atoms with Gasteiger partial charge in [-0.15, -0.1) is 0 Å². The summed E-state index contributed by atoms with van der Waals surface area (Å²) >= 11 is 0. The first-order valence-electron chi connectivity index (χ1n) is 7.41. The average molecular weight is 301 g/mol. The fraction of sp³-hybridized carbons (Fsp3) is 0.667. The standard InChI is InChI=1S/C15H22F3N3/c1-11(2)21(10-13-5-3-4-8-19-13)14-7-6-12(9-20-14)15(16,17)18/h6-7,9,11,13,19H,3-5,8,10H2,1-2H3. The van der Waals surface area contributed by atoms with E-state index in [0.29, 0.717) is 11.9 Å². The topological polar surface area (TPSA) is 28.2 Å². The van der Waals surface area contributed by atoms with Crippen molar-refractivity contribution in [3.05, 3.63) is 23.9 Å². The summed E-state index contributed by atoms with van der Waals surface area (Å²) in [5, 5.41) is 3.46. The molecule has 1 N–H and O–H groups in total. The number of piperidine rings is 1. The molecule has 118 valence electrons. The van der Waals surface area contributed by atoms with E-state index in [2.05, 4.69) is 15.2 Å². The molecule has 1 atom stereocenters. The Balaban J connectivity index is 2.10. The second-order valence-electron chi connectivity index (χ2n) is 5.80. The van der Waals surface area contributed by atoms with Gasteiger partial charge in [0.15, 0.2) is 0 Å². The molecule has 21 heavy (non-hydrogen) atoms. The van der Waals surface area contributed by atoms with Gasteiger partial charge in [0.1, 0.15) is 5.82 Å². The average Bonchev–Trinajstić information content (AvgIpc) is 2.45. The predicted octanol–water partition coefficient (Wildman–Crippen LogP) is 3.46. The Kier molecular flexibility index (Phi) is 5.08. The van der Waals surface area contributed by atoms with Crippen LogP contribution in [0.1, 0.15) is 38.7 Å². The largest absolute Gasteiger partial charge is 0.417 e. The van der Waals surface area contributed by atoms with Gasteiger partial charge in [-0.1, -0.05) is 6.42 Å². The molecule has 0 amide bonds. The zero-order chi connectivity index (χ0) is 15.5. The van der Waals surface area contributed by atoms with Crippen LogP contribution in [0.15, 0.2) is 18.3 Å². The molecule has 1 aliphatic rings. The third-order valence-corrected chi connectivity index (χ3v) is 3.82. The van der Waals surface area contributed by atoms with Gasteiger partial charge in [0.2, 0.25) is 0 Å². The summed E-state index contributed by atoms with van der Waals surface area (Å²) in [7, 11) is 0. The molecule has 1 aromatic heterocycles. The van der Waals surface area contributed by atoms with Crippen molar-refractivity contribution in [1.29, 1.82) is 0 Å². The van der Waals surface area contributed by atoms with Gasteiger partial charge < -0.3 is 10.2 Å². The van der Waals surface area contributed by atoms with E-state index >= 15 is 0 Å². The van der Waals surface area contributed by atoms with Crippen molar-refractivity contribution in [2.75, 3.05) is 18.0 Å². The highest BCUT2D eigenvalue weighted by Gasteiger charge is 2.31. The molecule has 0 spiro atoms. The van der Waals surface area contributed by atoms with E-state index in [9.17, 15) is 13.2 Å². The van der Waals surface area contributed by atoms with Crippen LogP contribution in [-0.2, 0) is 6.18 Å². The Morgan fingerprint density at radius 3 is 2.57 bits per heavy atom. The lowest BCUT2D eigenvalue weighted by atomic mass is 10.0. The number of aromatic nitrogens is 1. The number of anilines is 1. The smallest absolute Gasteiger partial charge is 0.353 e. The van der Waals surface area contributed by atoms with Gasteiger partial charge in [-0.25, -0.2) is 4.98 Å². The first-order chi connectivity index (χ1) is 9.88. The number of halogens is 3. The van der Waals surface area contributed by atoms with Crippen molar-refractivity contribution < 1.29 is 13.2 Å². The summed E-state index contributed by atoms with van der Waals surface area (Å²) < 4.78 is 37.8. The summed E-state index contributed by atoms with van der Waals surface area (Å²) in [6.45, 7) is 5.84. The predicted molar refractivity (Wildman–Crippen MR) is 77.4 cm³/mol. The molecule has 1 unspecified atom stereocenters. The summed E-state index contributed by atoms with van der Waals surface area (Å²) in [5.41, 5.74) is -0.703. The van der Waals surface area contributed by atoms with Crippen LogP contribution in [0.3, 0.4) is 0 Å². The first-order valence-corrected chi connectivity index (χ1v) is 7.41. The number of nitrogens with one attached hydrogen (secondary N) is 1. The molecule has 2 rings (SSSR count). The van der Waals surface area contributed by atoms with Crippen molar-refractivity contribution in [3.8, 4) is 0 Å². The Morgan fingerprint density at radius 1 is 1.33 bits per heavy atom. The van der Waals surface area contributed by atoms with E-state index in [-0.39, 0.29) is 6.04 Å². The normalized spacial score (nSPS) is 19.8. The summed E-state index contributed by atoms with van der Waals surface area (Å²) in [6.07, 6.45) is 0.0722. The van der Waals surface area contributed by atoms with E-state index in [1.54, 1.807) is 0 Å². The van der Waals surface area contributed by atoms with E-state index in [1.807, 2.05) is 13.8 Å². The van der Waals surface area contributed by atoms with Crippen LogP contribution < -0.4 is 10.2 Å². The van der Waals surface area contributed by atoms with Crippen LogP contribution >= 0.6 is 0 Å². The summed E-state index contributed by atoms with van der Waals surface area (Å²) in [5.74, 6) is 0.602. The number of pyridine rings is 1. The molecule has 0 saturated carbocycles. The molecular weight excluding hydrogens is 279 g/mol. The number of alkyl halides is 3. The third-order valence-electron chi connectivity index (χ3n) is 3.82. The molecule has 1 aliphatic heterocycles. The molecule has 0 aliphatic carbocycles. The fourth-order valence-electron chi connectivity index (χ4n) is 2.61. The molecule has 6 heteroatoms. The SMILES string of the molecule is CC(C)N(CC1CCCCN1)c1ccc(C(F)(F)F)cn1. The Bertz CT molecular complexity index is 436. The van der Waals surface area contributed by atoms with Crippen molar-refractivity contribution in [1.82, 2.24) is 10.3 Å². The van der Waals surface area contributed by atoms with Crippen LogP contribution in [0.4, 0.5) is 19.0 Å². The van der Waals surface area contributed by atoms with E-state index < -0.39 is 11.7 Å². The van der Waals surface area contributed by atoms with E-state index in [1.165, 1.54) is 18.9 Å². The highest BCUT2D eigenvalue weighted by Crippen LogP contribution is 2.29. The Hall–Kier alpha value is -1.30. The molecule has 1 aromatic rings. The maximum absolute atomic E-state index is 12.6. The lowest BCUT2D eigenvalue weighted by Crippen LogP contribution is -2.46. The maximum Gasteiger partial charge on any atom is 0.417 e. The molecule has 0 radical (unpaired) electrons. The van der Waals surface area contributed by atoms with Crippen molar-refractivity contribution in [3.63, 3.8) is 0 Å². The minimum absolute atomic E-state index is 0.193. The first kappa shape index (κ1) is 16.1. The number of nitrogens with zero attached hydrogens (tertiary/aromatic N) is 2. The number of hydrogen-bond acceptors (Lipinski definition) is 3. The highest BCUT2D eigenvalue weighted by atomic mass is 19.4. The molecular formula is C15H22F3N3. The van der Waals surface area contributed by atoms with Crippen molar-refractivity contribution >= 4 is 5.82 Å². The van der Waals surface area contributed by atoms with Gasteiger partial charge in [-0.05, 0) is 45.4 Å². The van der Waals surface area contributed by atoms with Crippen molar-refractivity contribution in [2.45, 2.75) is 51.4 Å². The monoisotopic (exact) mass is 301 g/mol. The zero-order valence-electron chi connectivity index (χ0n) is 12.5. The Labute approximate surface area is 123 Å². The van der Waals surface area contributed by atoms with Gasteiger partial charge >= 0.3 is 6.18 Å². The van der Waals surface area contributed by atoms with Gasteiger partial charge in [-0.3, -0.25) is 0 Å². The van der Waals surface area contributed by atoms with Crippen LogP contribution in [0.5, 0.6) is 0 Å². The van der Waals surface area contributed by atoms with Gasteiger partial charge in [-0.2, -0.15) is 13.2 Å². The number of hydrogen-bond donors (Lipinski definition) is 1. The fourth-order valence-corrected chi connectivity index (χ4v) is 2.61.